The van der Waals surface area contributed by atoms with Gasteiger partial charge in [0.1, 0.15) is 0 Å². The molecule has 0 aliphatic heterocycles. The van der Waals surface area contributed by atoms with Gasteiger partial charge < -0.3 is 5.32 Å². The van der Waals surface area contributed by atoms with Gasteiger partial charge in [0.25, 0.3) is 0 Å². The molecule has 0 unspecified atom stereocenters. The first-order valence-electron chi connectivity index (χ1n) is 7.26. The van der Waals surface area contributed by atoms with Crippen molar-refractivity contribution in [3.63, 3.8) is 0 Å². The van der Waals surface area contributed by atoms with Crippen LogP contribution in [0.3, 0.4) is 0 Å². The lowest BCUT2D eigenvalue weighted by Crippen LogP contribution is -2.19. The van der Waals surface area contributed by atoms with E-state index in [1.54, 1.807) is 41.4 Å². The number of carbonyl (C=O) groups excluding carboxylic acids is 1. The van der Waals surface area contributed by atoms with Crippen LogP contribution in [0.2, 0.25) is 0 Å². The zero-order valence-corrected chi connectivity index (χ0v) is 13.0. The van der Waals surface area contributed by atoms with E-state index in [2.05, 4.69) is 5.32 Å². The molecule has 0 spiro atoms. The normalized spacial score (nSPS) is 11.2. The Morgan fingerprint density at radius 2 is 1.70 bits per heavy atom. The van der Waals surface area contributed by atoms with Gasteiger partial charge in [-0.05, 0) is 29.8 Å². The number of aryl methyl sites for hydroxylation is 2. The number of hydrogen-bond donors (Lipinski definition) is 1. The van der Waals surface area contributed by atoms with Crippen molar-refractivity contribution in [1.29, 1.82) is 0 Å². The molecule has 0 radical (unpaired) electrons. The van der Waals surface area contributed by atoms with E-state index in [4.69, 9.17) is 0 Å². The molecule has 0 saturated carbocycles. The Kier molecular flexibility index (Phi) is 3.85. The largest absolute Gasteiger partial charge is 0.328 e. The lowest BCUT2D eigenvalue weighted by Gasteiger charge is -2.03. The molecule has 5 heteroatoms. The number of aromatic nitrogens is 2. The van der Waals surface area contributed by atoms with E-state index in [0.29, 0.717) is 5.69 Å². The summed E-state index contributed by atoms with van der Waals surface area (Å²) >= 11 is 0. The number of amides is 1. The molecule has 0 atom stereocenters. The highest BCUT2D eigenvalue weighted by Gasteiger charge is 2.08. The van der Waals surface area contributed by atoms with Crippen molar-refractivity contribution >= 4 is 28.7 Å². The lowest BCUT2D eigenvalue weighted by atomic mass is 10.2. The van der Waals surface area contributed by atoms with Crippen LogP contribution in [0.15, 0.2) is 59.4 Å². The zero-order chi connectivity index (χ0) is 16.4. The van der Waals surface area contributed by atoms with Gasteiger partial charge in [-0.25, -0.2) is 4.79 Å². The number of nitrogens with zero attached hydrogens (tertiary/aromatic N) is 2. The Balaban J connectivity index is 1.81. The second-order valence-electron chi connectivity index (χ2n) is 5.34. The fraction of sp³-hybridized carbons (Fsp3) is 0.111. The minimum Gasteiger partial charge on any atom is -0.322 e. The Hall–Kier alpha value is -3.08. The van der Waals surface area contributed by atoms with Crippen molar-refractivity contribution in [2.24, 2.45) is 14.1 Å². The SMILES string of the molecule is Cn1c(=O)n(C)c2cc(NC(=O)/C=C/c3ccccc3)ccc21. The Bertz CT molecular complexity index is 950. The van der Waals surface area contributed by atoms with Crippen molar-refractivity contribution in [2.75, 3.05) is 5.32 Å². The summed E-state index contributed by atoms with van der Waals surface area (Å²) in [6.45, 7) is 0. The topological polar surface area (TPSA) is 56.0 Å². The van der Waals surface area contributed by atoms with E-state index in [1.165, 1.54) is 6.08 Å². The van der Waals surface area contributed by atoms with E-state index in [1.807, 2.05) is 36.4 Å². The number of benzene rings is 2. The molecule has 116 valence electrons. The maximum atomic E-state index is 12.0. The first-order valence-corrected chi connectivity index (χ1v) is 7.26. The molecule has 0 aliphatic carbocycles. The summed E-state index contributed by atoms with van der Waals surface area (Å²) in [6.07, 6.45) is 3.25. The zero-order valence-electron chi connectivity index (χ0n) is 13.0. The molecular formula is C18H17N3O2. The van der Waals surface area contributed by atoms with Crippen molar-refractivity contribution in [1.82, 2.24) is 9.13 Å². The van der Waals surface area contributed by atoms with Gasteiger partial charge in [-0.3, -0.25) is 13.9 Å². The number of nitrogens with one attached hydrogen (secondary N) is 1. The minimum atomic E-state index is -0.214. The molecule has 1 heterocycles. The molecule has 2 aromatic carbocycles. The van der Waals surface area contributed by atoms with Gasteiger partial charge in [0, 0.05) is 25.9 Å². The summed E-state index contributed by atoms with van der Waals surface area (Å²) in [7, 11) is 3.44. The monoisotopic (exact) mass is 307 g/mol. The van der Waals surface area contributed by atoms with Crippen LogP contribution in [0.4, 0.5) is 5.69 Å². The number of hydrogen-bond acceptors (Lipinski definition) is 2. The molecule has 1 amide bonds. The van der Waals surface area contributed by atoms with Crippen LogP contribution in [0.25, 0.3) is 17.1 Å². The number of carbonyl (C=O) groups is 1. The highest BCUT2D eigenvalue weighted by molar-refractivity contribution is 6.02. The van der Waals surface area contributed by atoms with Crippen LogP contribution in [0, 0.1) is 0 Å². The van der Waals surface area contributed by atoms with Crippen molar-refractivity contribution < 1.29 is 4.79 Å². The fourth-order valence-electron chi connectivity index (χ4n) is 2.50. The average molecular weight is 307 g/mol. The van der Waals surface area contributed by atoms with E-state index >= 15 is 0 Å². The van der Waals surface area contributed by atoms with Crippen LogP contribution >= 0.6 is 0 Å². The Morgan fingerprint density at radius 1 is 1.00 bits per heavy atom. The van der Waals surface area contributed by atoms with Crippen LogP contribution in [0.1, 0.15) is 5.56 Å². The molecule has 1 aromatic heterocycles. The molecule has 3 rings (SSSR count). The molecule has 0 fully saturated rings. The Morgan fingerprint density at radius 3 is 2.43 bits per heavy atom. The average Bonchev–Trinajstić information content (AvgIpc) is 2.78. The molecule has 23 heavy (non-hydrogen) atoms. The highest BCUT2D eigenvalue weighted by atomic mass is 16.2. The van der Waals surface area contributed by atoms with Crippen LogP contribution in [-0.4, -0.2) is 15.0 Å². The Labute approximate surface area is 133 Å². The second kappa shape index (κ2) is 5.96. The summed E-state index contributed by atoms with van der Waals surface area (Å²) in [6, 6.07) is 15.0. The van der Waals surface area contributed by atoms with E-state index in [0.717, 1.165) is 16.6 Å². The van der Waals surface area contributed by atoms with Gasteiger partial charge in [-0.2, -0.15) is 0 Å². The second-order valence-corrected chi connectivity index (χ2v) is 5.34. The number of fused-ring (bicyclic) bond motifs is 1. The quantitative estimate of drug-likeness (QED) is 0.756. The number of imidazole rings is 1. The molecule has 0 aliphatic rings. The molecule has 5 nitrogen and oxygen atoms in total. The molecule has 0 saturated heterocycles. The smallest absolute Gasteiger partial charge is 0.322 e. The van der Waals surface area contributed by atoms with E-state index < -0.39 is 0 Å². The number of anilines is 1. The third kappa shape index (κ3) is 2.94. The van der Waals surface area contributed by atoms with Gasteiger partial charge in [-0.15, -0.1) is 0 Å². The predicted octanol–water partition coefficient (Wildman–Crippen LogP) is 2.53. The van der Waals surface area contributed by atoms with E-state index in [9.17, 15) is 9.59 Å². The fourth-order valence-corrected chi connectivity index (χ4v) is 2.50. The first kappa shape index (κ1) is 14.8. The summed E-state index contributed by atoms with van der Waals surface area (Å²) < 4.78 is 3.14. The minimum absolute atomic E-state index is 0.0903. The predicted molar refractivity (Wildman–Crippen MR) is 92.3 cm³/mol. The summed E-state index contributed by atoms with van der Waals surface area (Å²) in [5, 5.41) is 2.81. The molecular weight excluding hydrogens is 290 g/mol. The van der Waals surface area contributed by atoms with E-state index in [-0.39, 0.29) is 11.6 Å². The summed E-state index contributed by atoms with van der Waals surface area (Å²) in [5.41, 5.74) is 3.13. The number of rotatable bonds is 3. The first-order chi connectivity index (χ1) is 11.1. The van der Waals surface area contributed by atoms with Crippen LogP contribution < -0.4 is 11.0 Å². The van der Waals surface area contributed by atoms with Crippen molar-refractivity contribution in [3.05, 3.63) is 70.7 Å². The maximum Gasteiger partial charge on any atom is 0.328 e. The maximum absolute atomic E-state index is 12.0. The standard InChI is InChI=1S/C18H17N3O2/c1-20-15-10-9-14(12-16(15)21(2)18(20)23)19-17(22)11-8-13-6-4-3-5-7-13/h3-12H,1-2H3,(H,19,22)/b11-8+. The summed E-state index contributed by atoms with van der Waals surface area (Å²) in [5.74, 6) is -0.214. The lowest BCUT2D eigenvalue weighted by molar-refractivity contribution is -0.111. The molecule has 3 aromatic rings. The highest BCUT2D eigenvalue weighted by Crippen LogP contribution is 2.17. The summed E-state index contributed by atoms with van der Waals surface area (Å²) in [4.78, 5) is 23.9. The van der Waals surface area contributed by atoms with Gasteiger partial charge >= 0.3 is 5.69 Å². The van der Waals surface area contributed by atoms with Gasteiger partial charge in [0.15, 0.2) is 0 Å². The van der Waals surface area contributed by atoms with Crippen molar-refractivity contribution in [2.45, 2.75) is 0 Å². The third-order valence-corrected chi connectivity index (χ3v) is 3.77. The van der Waals surface area contributed by atoms with Gasteiger partial charge in [0.05, 0.1) is 11.0 Å². The molecule has 1 N–H and O–H groups in total. The van der Waals surface area contributed by atoms with Gasteiger partial charge in [-0.1, -0.05) is 30.3 Å². The van der Waals surface area contributed by atoms with Gasteiger partial charge in [0.2, 0.25) is 5.91 Å². The van der Waals surface area contributed by atoms with Crippen molar-refractivity contribution in [3.8, 4) is 0 Å². The van der Waals surface area contributed by atoms with Crippen LogP contribution in [0.5, 0.6) is 0 Å². The molecule has 0 bridgehead atoms. The van der Waals surface area contributed by atoms with Crippen LogP contribution in [-0.2, 0) is 18.9 Å². The third-order valence-electron chi connectivity index (χ3n) is 3.77.